The molecule has 2 aromatic carbocycles. The molecule has 0 radical (unpaired) electrons. The number of carbonyl (C=O) groups excluding carboxylic acids is 1. The molecule has 4 rings (SSSR count). The van der Waals surface area contributed by atoms with E-state index >= 15 is 0 Å². The Bertz CT molecular complexity index is 1150. The molecule has 0 saturated carbocycles. The summed E-state index contributed by atoms with van der Waals surface area (Å²) in [6, 6.07) is 10.8. The van der Waals surface area contributed by atoms with Crippen molar-refractivity contribution < 1.29 is 27.4 Å². The maximum Gasteiger partial charge on any atom is 0.341 e. The van der Waals surface area contributed by atoms with Crippen LogP contribution in [0.3, 0.4) is 0 Å². The quantitative estimate of drug-likeness (QED) is 0.456. The molecular formula is C28H36O6S. The second kappa shape index (κ2) is 11.1. The minimum Gasteiger partial charge on any atom is -0.492 e. The molecule has 1 fully saturated rings. The van der Waals surface area contributed by atoms with Gasteiger partial charge in [0.25, 0.3) is 0 Å². The van der Waals surface area contributed by atoms with Crippen LogP contribution < -0.4 is 4.74 Å². The lowest BCUT2D eigenvalue weighted by atomic mass is 9.81. The molecule has 0 N–H and O–H groups in total. The number of fused-ring (bicyclic) bond motifs is 1. The van der Waals surface area contributed by atoms with Gasteiger partial charge in [-0.05, 0) is 78.8 Å². The minimum atomic E-state index is -3.75. The van der Waals surface area contributed by atoms with E-state index in [0.717, 1.165) is 49.7 Å². The molecule has 190 valence electrons. The molecule has 1 saturated heterocycles. The Labute approximate surface area is 208 Å². The minimum absolute atomic E-state index is 0.0194. The summed E-state index contributed by atoms with van der Waals surface area (Å²) in [5.74, 6) is 0.111. The first-order chi connectivity index (χ1) is 16.9. The monoisotopic (exact) mass is 500 g/mol. The summed E-state index contributed by atoms with van der Waals surface area (Å²) < 4.78 is 44.5. The van der Waals surface area contributed by atoms with Gasteiger partial charge in [0.05, 0.1) is 23.9 Å². The number of sulfone groups is 1. The second-order valence-electron chi connectivity index (χ2n) is 9.58. The molecule has 1 heterocycles. The number of esters is 1. The van der Waals surface area contributed by atoms with Crippen LogP contribution in [0.15, 0.2) is 41.3 Å². The van der Waals surface area contributed by atoms with Gasteiger partial charge in [0, 0.05) is 13.2 Å². The van der Waals surface area contributed by atoms with E-state index in [-0.39, 0.29) is 16.4 Å². The first-order valence-corrected chi connectivity index (χ1v) is 14.2. The Hall–Kier alpha value is -2.38. The van der Waals surface area contributed by atoms with Crippen LogP contribution in [0.1, 0.15) is 71.8 Å². The van der Waals surface area contributed by atoms with Crippen molar-refractivity contribution in [3.63, 3.8) is 0 Å². The highest BCUT2D eigenvalue weighted by Crippen LogP contribution is 2.45. The average molecular weight is 501 g/mol. The van der Waals surface area contributed by atoms with Crippen molar-refractivity contribution in [1.82, 2.24) is 0 Å². The van der Waals surface area contributed by atoms with E-state index < -0.39 is 21.1 Å². The van der Waals surface area contributed by atoms with Crippen molar-refractivity contribution in [3.05, 3.63) is 58.7 Å². The molecule has 35 heavy (non-hydrogen) atoms. The van der Waals surface area contributed by atoms with Crippen molar-refractivity contribution in [2.24, 2.45) is 11.8 Å². The molecule has 0 amide bonds. The highest BCUT2D eigenvalue weighted by molar-refractivity contribution is 7.91. The molecule has 2 aromatic rings. The predicted octanol–water partition coefficient (Wildman–Crippen LogP) is 5.33. The fourth-order valence-corrected chi connectivity index (χ4v) is 7.54. The van der Waals surface area contributed by atoms with Gasteiger partial charge in [-0.2, -0.15) is 0 Å². The second-order valence-corrected chi connectivity index (χ2v) is 11.6. The summed E-state index contributed by atoms with van der Waals surface area (Å²) >= 11 is 0. The molecule has 1 unspecified atom stereocenters. The SMILES string of the molecule is CCc1ccc2c(c1)CC[C@@H](CC)C2S(=O)(=O)c1ccc(OCC2CCOCC2)c(C(=O)OC)c1. The van der Waals surface area contributed by atoms with Gasteiger partial charge < -0.3 is 14.2 Å². The lowest BCUT2D eigenvalue weighted by Gasteiger charge is -2.33. The van der Waals surface area contributed by atoms with Crippen molar-refractivity contribution >= 4 is 15.8 Å². The Kier molecular flexibility index (Phi) is 8.17. The smallest absolute Gasteiger partial charge is 0.341 e. The topological polar surface area (TPSA) is 78.9 Å². The molecule has 2 aliphatic rings. The average Bonchev–Trinajstić information content (AvgIpc) is 2.90. The zero-order valence-corrected chi connectivity index (χ0v) is 21.7. The Morgan fingerprint density at radius 2 is 1.83 bits per heavy atom. The van der Waals surface area contributed by atoms with Gasteiger partial charge in [0.15, 0.2) is 9.84 Å². The summed E-state index contributed by atoms with van der Waals surface area (Å²) in [5, 5.41) is -0.637. The number of ether oxygens (including phenoxy) is 3. The van der Waals surface area contributed by atoms with Crippen LogP contribution in [0.5, 0.6) is 5.75 Å². The van der Waals surface area contributed by atoms with Crippen LogP contribution in [0.25, 0.3) is 0 Å². The van der Waals surface area contributed by atoms with Gasteiger partial charge in [0.1, 0.15) is 11.3 Å². The Balaban J connectivity index is 1.69. The van der Waals surface area contributed by atoms with Gasteiger partial charge in [-0.25, -0.2) is 13.2 Å². The number of aryl methyl sites for hydroxylation is 2. The van der Waals surface area contributed by atoms with Crippen LogP contribution in [0.4, 0.5) is 0 Å². The lowest BCUT2D eigenvalue weighted by molar-refractivity contribution is 0.0483. The summed E-state index contributed by atoms with van der Waals surface area (Å²) in [6.45, 7) is 6.01. The first-order valence-electron chi connectivity index (χ1n) is 12.7. The van der Waals surface area contributed by atoms with E-state index in [4.69, 9.17) is 14.2 Å². The van der Waals surface area contributed by atoms with Gasteiger partial charge in [-0.15, -0.1) is 0 Å². The summed E-state index contributed by atoms with van der Waals surface area (Å²) in [7, 11) is -2.46. The largest absolute Gasteiger partial charge is 0.492 e. The summed E-state index contributed by atoms with van der Waals surface area (Å²) in [5.41, 5.74) is 3.37. The number of hydrogen-bond donors (Lipinski definition) is 0. The molecule has 1 aliphatic heterocycles. The fraction of sp³-hybridized carbons (Fsp3) is 0.536. The zero-order valence-electron chi connectivity index (χ0n) is 20.9. The van der Waals surface area contributed by atoms with E-state index in [2.05, 4.69) is 13.0 Å². The van der Waals surface area contributed by atoms with Crippen molar-refractivity contribution in [2.45, 2.75) is 62.5 Å². The van der Waals surface area contributed by atoms with Gasteiger partial charge >= 0.3 is 5.97 Å². The van der Waals surface area contributed by atoms with Crippen LogP contribution in [-0.4, -0.2) is 41.3 Å². The standard InChI is InChI=1S/C28H36O6S/c1-4-19-6-10-24-22(16-19)8-7-21(5-2)27(24)35(30,31)23-9-11-26(25(17-23)28(29)32-3)34-18-20-12-14-33-15-13-20/h6,9-11,16-17,20-21,27H,4-5,7-8,12-15,18H2,1-3H3/t21-,27?/m1/s1. The molecule has 6 nitrogen and oxygen atoms in total. The molecule has 2 atom stereocenters. The normalized spacial score (nSPS) is 20.8. The maximum absolute atomic E-state index is 14.0. The van der Waals surface area contributed by atoms with Gasteiger partial charge in [-0.3, -0.25) is 0 Å². The lowest BCUT2D eigenvalue weighted by Crippen LogP contribution is -2.28. The highest BCUT2D eigenvalue weighted by atomic mass is 32.2. The molecule has 0 aromatic heterocycles. The molecule has 1 aliphatic carbocycles. The first kappa shape index (κ1) is 25.7. The number of hydrogen-bond acceptors (Lipinski definition) is 6. The summed E-state index contributed by atoms with van der Waals surface area (Å²) in [6.07, 6.45) is 5.21. The van der Waals surface area contributed by atoms with Crippen molar-refractivity contribution in [1.29, 1.82) is 0 Å². The third-order valence-corrected chi connectivity index (χ3v) is 9.71. The molecule has 7 heteroatoms. The van der Waals surface area contributed by atoms with Crippen LogP contribution >= 0.6 is 0 Å². The predicted molar refractivity (Wildman–Crippen MR) is 135 cm³/mol. The van der Waals surface area contributed by atoms with E-state index in [0.29, 0.717) is 31.5 Å². The highest BCUT2D eigenvalue weighted by Gasteiger charge is 2.39. The number of carbonyl (C=O) groups is 1. The van der Waals surface area contributed by atoms with E-state index in [1.54, 1.807) is 12.1 Å². The van der Waals surface area contributed by atoms with E-state index in [1.165, 1.54) is 18.7 Å². The zero-order chi connectivity index (χ0) is 25.0. The number of benzene rings is 2. The van der Waals surface area contributed by atoms with Crippen LogP contribution in [0, 0.1) is 11.8 Å². The molecular weight excluding hydrogens is 464 g/mol. The Morgan fingerprint density at radius 1 is 1.06 bits per heavy atom. The van der Waals surface area contributed by atoms with Gasteiger partial charge in [-0.1, -0.05) is 38.5 Å². The van der Waals surface area contributed by atoms with Crippen LogP contribution in [-0.2, 0) is 32.2 Å². The summed E-state index contributed by atoms with van der Waals surface area (Å²) in [4.78, 5) is 12.7. The van der Waals surface area contributed by atoms with Crippen molar-refractivity contribution in [3.8, 4) is 5.75 Å². The van der Waals surface area contributed by atoms with E-state index in [1.807, 2.05) is 19.1 Å². The van der Waals surface area contributed by atoms with Gasteiger partial charge in [0.2, 0.25) is 0 Å². The van der Waals surface area contributed by atoms with Crippen molar-refractivity contribution in [2.75, 3.05) is 26.9 Å². The number of methoxy groups -OCH3 is 1. The molecule has 0 bridgehead atoms. The van der Waals surface area contributed by atoms with Crippen LogP contribution in [0.2, 0.25) is 0 Å². The third kappa shape index (κ3) is 5.41. The third-order valence-electron chi connectivity index (χ3n) is 7.49. The maximum atomic E-state index is 14.0. The fourth-order valence-electron chi connectivity index (χ4n) is 5.31. The van der Waals surface area contributed by atoms with E-state index in [9.17, 15) is 13.2 Å². The molecule has 0 spiro atoms. The Morgan fingerprint density at radius 3 is 2.51 bits per heavy atom. The number of rotatable bonds is 8.